The van der Waals surface area contributed by atoms with E-state index >= 15 is 0 Å². The van der Waals surface area contributed by atoms with Crippen molar-refractivity contribution in [2.75, 3.05) is 31.1 Å². The van der Waals surface area contributed by atoms with Crippen LogP contribution >= 0.6 is 12.4 Å². The average Bonchev–Trinajstić information content (AvgIpc) is 3.49. The molecule has 6 rings (SSSR count). The summed E-state index contributed by atoms with van der Waals surface area (Å²) in [7, 11) is 0. The third-order valence-corrected chi connectivity index (χ3v) is 6.35. The Balaban J connectivity index is 0.00000241. The van der Waals surface area contributed by atoms with Gasteiger partial charge in [0.05, 0.1) is 28.4 Å². The molecule has 0 spiro atoms. The van der Waals surface area contributed by atoms with Crippen molar-refractivity contribution in [3.8, 4) is 28.5 Å². The van der Waals surface area contributed by atoms with Gasteiger partial charge in [0.2, 0.25) is 0 Å². The Hall–Kier alpha value is -3.93. The zero-order chi connectivity index (χ0) is 22.4. The van der Waals surface area contributed by atoms with Crippen molar-refractivity contribution >= 4 is 40.0 Å². The maximum atomic E-state index is 10.3. The van der Waals surface area contributed by atoms with Crippen LogP contribution in [0.5, 0.6) is 0 Å². The molecule has 4 heterocycles. The van der Waals surface area contributed by atoms with Crippen LogP contribution in [0.25, 0.3) is 44.3 Å². The molecule has 1 saturated heterocycles. The number of piperazine rings is 1. The predicted molar refractivity (Wildman–Crippen MR) is 136 cm³/mol. The molecule has 3 N–H and O–H groups in total. The first-order chi connectivity index (χ1) is 16.2. The number of fused-ring (bicyclic) bond motifs is 2. The number of rotatable bonds is 3. The van der Waals surface area contributed by atoms with Gasteiger partial charge in [-0.1, -0.05) is 18.2 Å². The number of pyridine rings is 1. The molecule has 0 atom stereocenters. The molecule has 170 valence electrons. The number of nitriles is 1. The van der Waals surface area contributed by atoms with Crippen molar-refractivity contribution in [3.63, 3.8) is 0 Å². The Morgan fingerprint density at radius 3 is 2.53 bits per heavy atom. The van der Waals surface area contributed by atoms with Crippen LogP contribution in [-0.4, -0.2) is 51.6 Å². The van der Waals surface area contributed by atoms with Crippen LogP contribution in [0.1, 0.15) is 11.3 Å². The van der Waals surface area contributed by atoms with Crippen LogP contribution in [0.15, 0.2) is 48.7 Å². The lowest BCUT2D eigenvalue weighted by Gasteiger charge is -2.29. The normalized spacial score (nSPS) is 13.7. The standard InChI is InChI=1S/C25H22N8.ClH/c1-15-22-23(16-2-5-19(6-3-16)33-10-8-27-9-11-33)20(13-26)24(29-25(22)32-30-15)17-4-7-21-18(12-17)14-28-31-21;/h2-7,12,14,27H,8-11H2,1H3,(H,28,31)(H,29,30,32);1H. The fourth-order valence-electron chi connectivity index (χ4n) is 4.66. The SMILES string of the molecule is Cc1[nH]nc2nc(-c3ccc4[nH]ncc4c3)c(C#N)c(-c3ccc(N4CCNCC4)cc3)c12.Cl. The van der Waals surface area contributed by atoms with Crippen molar-refractivity contribution in [3.05, 3.63) is 59.9 Å². The van der Waals surface area contributed by atoms with Gasteiger partial charge in [-0.15, -0.1) is 12.4 Å². The highest BCUT2D eigenvalue weighted by Gasteiger charge is 2.22. The molecule has 0 saturated carbocycles. The fourth-order valence-corrected chi connectivity index (χ4v) is 4.66. The molecule has 2 aromatic carbocycles. The van der Waals surface area contributed by atoms with Crippen molar-refractivity contribution in [2.45, 2.75) is 6.92 Å². The Bertz CT molecular complexity index is 1520. The molecule has 5 aromatic rings. The summed E-state index contributed by atoms with van der Waals surface area (Å²) in [4.78, 5) is 7.17. The van der Waals surface area contributed by atoms with Gasteiger partial charge in [0, 0.05) is 54.1 Å². The van der Waals surface area contributed by atoms with Gasteiger partial charge in [-0.3, -0.25) is 10.2 Å². The number of anilines is 1. The lowest BCUT2D eigenvalue weighted by Crippen LogP contribution is -2.43. The van der Waals surface area contributed by atoms with Gasteiger partial charge in [-0.2, -0.15) is 15.5 Å². The maximum absolute atomic E-state index is 10.3. The van der Waals surface area contributed by atoms with Crippen molar-refractivity contribution in [1.29, 1.82) is 5.26 Å². The number of benzene rings is 2. The van der Waals surface area contributed by atoms with Crippen LogP contribution in [0.3, 0.4) is 0 Å². The van der Waals surface area contributed by atoms with E-state index in [0.29, 0.717) is 16.9 Å². The Labute approximate surface area is 202 Å². The topological polar surface area (TPSA) is 109 Å². The highest BCUT2D eigenvalue weighted by atomic mass is 35.5. The van der Waals surface area contributed by atoms with Gasteiger partial charge in [-0.05, 0) is 36.8 Å². The molecule has 3 aromatic heterocycles. The summed E-state index contributed by atoms with van der Waals surface area (Å²) in [6, 6.07) is 16.9. The van der Waals surface area contributed by atoms with E-state index in [-0.39, 0.29) is 12.4 Å². The molecule has 0 amide bonds. The molecule has 34 heavy (non-hydrogen) atoms. The van der Waals surface area contributed by atoms with E-state index in [1.54, 1.807) is 6.20 Å². The zero-order valence-electron chi connectivity index (χ0n) is 18.6. The molecule has 1 fully saturated rings. The molecular formula is C25H23ClN8. The number of hydrogen-bond donors (Lipinski definition) is 3. The molecule has 0 radical (unpaired) electrons. The number of aromatic nitrogens is 5. The Morgan fingerprint density at radius 2 is 1.76 bits per heavy atom. The van der Waals surface area contributed by atoms with Crippen molar-refractivity contribution < 1.29 is 0 Å². The first-order valence-electron chi connectivity index (χ1n) is 11.0. The van der Waals surface area contributed by atoms with Crippen LogP contribution in [0, 0.1) is 18.3 Å². The molecule has 1 aliphatic heterocycles. The number of halogens is 1. The summed E-state index contributed by atoms with van der Waals surface area (Å²) in [6.07, 6.45) is 1.78. The van der Waals surface area contributed by atoms with E-state index in [1.807, 2.05) is 25.1 Å². The lowest BCUT2D eigenvalue weighted by molar-refractivity contribution is 0.589. The first kappa shape index (κ1) is 21.9. The largest absolute Gasteiger partial charge is 0.369 e. The number of H-pyrrole nitrogens is 2. The van der Waals surface area contributed by atoms with Crippen molar-refractivity contribution in [1.82, 2.24) is 30.7 Å². The average molecular weight is 471 g/mol. The maximum Gasteiger partial charge on any atom is 0.182 e. The fraction of sp³-hybridized carbons (Fsp3) is 0.200. The van der Waals surface area contributed by atoms with Gasteiger partial charge in [0.1, 0.15) is 6.07 Å². The minimum Gasteiger partial charge on any atom is -0.369 e. The number of nitrogens with one attached hydrogen (secondary N) is 3. The quantitative estimate of drug-likeness (QED) is 0.365. The first-order valence-corrected chi connectivity index (χ1v) is 11.0. The molecule has 0 aliphatic carbocycles. The third-order valence-electron chi connectivity index (χ3n) is 6.35. The smallest absolute Gasteiger partial charge is 0.182 e. The third kappa shape index (κ3) is 3.55. The summed E-state index contributed by atoms with van der Waals surface area (Å²) < 4.78 is 0. The second-order valence-corrected chi connectivity index (χ2v) is 8.33. The molecule has 1 aliphatic rings. The van der Waals surface area contributed by atoms with Gasteiger partial charge in [0.25, 0.3) is 0 Å². The van der Waals surface area contributed by atoms with E-state index in [1.165, 1.54) is 5.69 Å². The predicted octanol–water partition coefficient (Wildman–Crippen LogP) is 4.18. The minimum atomic E-state index is 0. The summed E-state index contributed by atoms with van der Waals surface area (Å²) in [5, 5.41) is 30.1. The van der Waals surface area contributed by atoms with Crippen LogP contribution < -0.4 is 10.2 Å². The minimum absolute atomic E-state index is 0. The summed E-state index contributed by atoms with van der Waals surface area (Å²) in [6.45, 7) is 5.93. The van der Waals surface area contributed by atoms with E-state index in [0.717, 1.165) is 64.9 Å². The van der Waals surface area contributed by atoms with E-state index in [9.17, 15) is 5.26 Å². The molecule has 0 bridgehead atoms. The number of aromatic amines is 2. The summed E-state index contributed by atoms with van der Waals surface area (Å²) >= 11 is 0. The lowest BCUT2D eigenvalue weighted by atomic mass is 9.93. The van der Waals surface area contributed by atoms with Gasteiger partial charge in [0.15, 0.2) is 5.65 Å². The second kappa shape index (κ2) is 8.78. The van der Waals surface area contributed by atoms with Crippen LogP contribution in [0.2, 0.25) is 0 Å². The monoisotopic (exact) mass is 470 g/mol. The zero-order valence-corrected chi connectivity index (χ0v) is 19.4. The summed E-state index contributed by atoms with van der Waals surface area (Å²) in [5.74, 6) is 0. The molecule has 9 heteroatoms. The molecule has 0 unspecified atom stereocenters. The van der Waals surface area contributed by atoms with Crippen LogP contribution in [-0.2, 0) is 0 Å². The van der Waals surface area contributed by atoms with E-state index in [4.69, 9.17) is 4.98 Å². The summed E-state index contributed by atoms with van der Waals surface area (Å²) in [5.41, 5.74) is 7.52. The van der Waals surface area contributed by atoms with Crippen molar-refractivity contribution in [2.24, 2.45) is 0 Å². The highest BCUT2D eigenvalue weighted by Crippen LogP contribution is 2.38. The Morgan fingerprint density at radius 1 is 1.00 bits per heavy atom. The number of aryl methyl sites for hydroxylation is 1. The number of nitrogens with zero attached hydrogens (tertiary/aromatic N) is 5. The molecular weight excluding hydrogens is 448 g/mol. The Kier molecular flexibility index (Phi) is 5.65. The van der Waals surface area contributed by atoms with E-state index in [2.05, 4.69) is 60.9 Å². The number of hydrogen-bond acceptors (Lipinski definition) is 6. The highest BCUT2D eigenvalue weighted by molar-refractivity contribution is 6.01. The second-order valence-electron chi connectivity index (χ2n) is 8.33. The van der Waals surface area contributed by atoms with Gasteiger partial charge < -0.3 is 10.2 Å². The van der Waals surface area contributed by atoms with Crippen LogP contribution in [0.4, 0.5) is 5.69 Å². The molecule has 8 nitrogen and oxygen atoms in total. The van der Waals surface area contributed by atoms with Gasteiger partial charge in [-0.25, -0.2) is 4.98 Å². The van der Waals surface area contributed by atoms with Gasteiger partial charge >= 0.3 is 0 Å². The van der Waals surface area contributed by atoms with E-state index < -0.39 is 0 Å².